The van der Waals surface area contributed by atoms with E-state index in [-0.39, 0.29) is 11.8 Å². The average molecular weight is 412 g/mol. The van der Waals surface area contributed by atoms with Crippen molar-refractivity contribution in [2.45, 2.75) is 12.8 Å². The molecule has 29 heavy (non-hydrogen) atoms. The van der Waals surface area contributed by atoms with E-state index in [0.717, 1.165) is 16.0 Å². The van der Waals surface area contributed by atoms with Gasteiger partial charge in [-0.3, -0.25) is 14.6 Å². The molecule has 3 aromatic rings. The average Bonchev–Trinajstić information content (AvgIpc) is 3.26. The molecule has 8 heteroatoms. The summed E-state index contributed by atoms with van der Waals surface area (Å²) in [5.41, 5.74) is 7.01. The van der Waals surface area contributed by atoms with Gasteiger partial charge in [0.2, 0.25) is 5.91 Å². The van der Waals surface area contributed by atoms with Crippen LogP contribution in [0.2, 0.25) is 0 Å². The number of nitrogens with zero attached hydrogens (tertiary/aromatic N) is 3. The number of thiophene rings is 1. The monoisotopic (exact) mass is 412 g/mol. The number of aromatic nitrogens is 1. The van der Waals surface area contributed by atoms with Gasteiger partial charge in [-0.25, -0.2) is 4.39 Å². The number of carbonyl (C=O) groups excluding carboxylic acids is 2. The number of fused-ring (bicyclic) bond motifs is 1. The van der Waals surface area contributed by atoms with Crippen LogP contribution >= 0.6 is 11.3 Å². The summed E-state index contributed by atoms with van der Waals surface area (Å²) in [6.07, 6.45) is 2.40. The molecule has 0 atom stereocenters. The van der Waals surface area contributed by atoms with Gasteiger partial charge in [0, 0.05) is 61.0 Å². The molecule has 150 valence electrons. The summed E-state index contributed by atoms with van der Waals surface area (Å²) in [6.45, 7) is 2.15. The van der Waals surface area contributed by atoms with Crippen LogP contribution in [0.5, 0.6) is 0 Å². The summed E-state index contributed by atoms with van der Waals surface area (Å²) >= 11 is 1.43. The third kappa shape index (κ3) is 4.22. The lowest BCUT2D eigenvalue weighted by Gasteiger charge is -2.34. The van der Waals surface area contributed by atoms with E-state index < -0.39 is 5.82 Å². The number of aryl methyl sites for hydroxylation is 1. The molecule has 1 fully saturated rings. The number of anilines is 1. The molecule has 2 N–H and O–H groups in total. The Hall–Kier alpha value is -3.00. The molecule has 1 saturated heterocycles. The minimum atomic E-state index is -0.392. The summed E-state index contributed by atoms with van der Waals surface area (Å²) in [6, 6.07) is 8.18. The van der Waals surface area contributed by atoms with Gasteiger partial charge in [-0.15, -0.1) is 11.3 Å². The predicted molar refractivity (Wildman–Crippen MR) is 111 cm³/mol. The number of hydrogen-bond donors (Lipinski definition) is 1. The van der Waals surface area contributed by atoms with Crippen LogP contribution < -0.4 is 5.73 Å². The van der Waals surface area contributed by atoms with Crippen molar-refractivity contribution in [3.05, 3.63) is 58.3 Å². The molecule has 1 aliphatic rings. The van der Waals surface area contributed by atoms with Crippen LogP contribution in [0.4, 0.5) is 10.1 Å². The first kappa shape index (κ1) is 19.3. The Morgan fingerprint density at radius 2 is 1.90 bits per heavy atom. The van der Waals surface area contributed by atoms with Crippen LogP contribution in [-0.4, -0.2) is 52.8 Å². The number of hydrogen-bond acceptors (Lipinski definition) is 5. The molecule has 0 unspecified atom stereocenters. The fraction of sp³-hybridized carbons (Fsp3) is 0.286. The van der Waals surface area contributed by atoms with Crippen LogP contribution in [0, 0.1) is 5.82 Å². The van der Waals surface area contributed by atoms with Crippen molar-refractivity contribution in [1.29, 1.82) is 0 Å². The van der Waals surface area contributed by atoms with Crippen molar-refractivity contribution in [3.63, 3.8) is 0 Å². The maximum absolute atomic E-state index is 13.4. The van der Waals surface area contributed by atoms with Gasteiger partial charge in [-0.2, -0.15) is 0 Å². The number of amides is 2. The van der Waals surface area contributed by atoms with E-state index in [1.165, 1.54) is 23.5 Å². The largest absolute Gasteiger partial charge is 0.398 e. The first-order chi connectivity index (χ1) is 14.0. The molecule has 0 aliphatic carbocycles. The third-order valence-electron chi connectivity index (χ3n) is 5.14. The highest BCUT2D eigenvalue weighted by molar-refractivity contribution is 7.12. The van der Waals surface area contributed by atoms with E-state index in [1.54, 1.807) is 16.0 Å². The zero-order valence-corrected chi connectivity index (χ0v) is 16.6. The van der Waals surface area contributed by atoms with Gasteiger partial charge in [0.1, 0.15) is 5.82 Å². The van der Waals surface area contributed by atoms with Gasteiger partial charge in [-0.05, 0) is 36.1 Å². The minimum absolute atomic E-state index is 0.0292. The zero-order valence-electron chi connectivity index (χ0n) is 15.8. The second-order valence-corrected chi connectivity index (χ2v) is 7.99. The Labute approximate surface area is 171 Å². The zero-order chi connectivity index (χ0) is 20.4. The Bertz CT molecular complexity index is 1050. The van der Waals surface area contributed by atoms with Gasteiger partial charge in [0.25, 0.3) is 5.91 Å². The van der Waals surface area contributed by atoms with Crippen LogP contribution in [0.15, 0.2) is 41.9 Å². The second-order valence-electron chi connectivity index (χ2n) is 7.04. The first-order valence-corrected chi connectivity index (χ1v) is 10.3. The number of nitrogens with two attached hydrogens (primary N) is 1. The van der Waals surface area contributed by atoms with Crippen LogP contribution in [0.3, 0.4) is 0 Å². The number of piperazine rings is 1. The van der Waals surface area contributed by atoms with Gasteiger partial charge >= 0.3 is 0 Å². The van der Waals surface area contributed by atoms with Gasteiger partial charge in [-0.1, -0.05) is 6.07 Å². The van der Waals surface area contributed by atoms with E-state index >= 15 is 0 Å². The van der Waals surface area contributed by atoms with Crippen molar-refractivity contribution in [2.75, 3.05) is 31.9 Å². The van der Waals surface area contributed by atoms with E-state index in [9.17, 15) is 14.0 Å². The highest BCUT2D eigenvalue weighted by Crippen LogP contribution is 2.23. The SMILES string of the molecule is Nc1cc(F)cc2cnc(CCC(=O)N3CCN(C(=O)c4cccs4)CC3)cc12. The molecule has 0 bridgehead atoms. The lowest BCUT2D eigenvalue weighted by atomic mass is 10.1. The quantitative estimate of drug-likeness (QED) is 0.668. The summed E-state index contributed by atoms with van der Waals surface area (Å²) < 4.78 is 13.4. The summed E-state index contributed by atoms with van der Waals surface area (Å²) in [5, 5.41) is 3.27. The second kappa shape index (κ2) is 8.16. The first-order valence-electron chi connectivity index (χ1n) is 9.45. The minimum Gasteiger partial charge on any atom is -0.398 e. The van der Waals surface area contributed by atoms with Crippen molar-refractivity contribution in [1.82, 2.24) is 14.8 Å². The lowest BCUT2D eigenvalue weighted by Crippen LogP contribution is -2.50. The predicted octanol–water partition coefficient (Wildman–Crippen LogP) is 2.93. The van der Waals surface area contributed by atoms with Crippen LogP contribution in [0.25, 0.3) is 10.8 Å². The van der Waals surface area contributed by atoms with Crippen LogP contribution in [-0.2, 0) is 11.2 Å². The Balaban J connectivity index is 1.32. The molecule has 6 nitrogen and oxygen atoms in total. The van der Waals surface area contributed by atoms with E-state index in [1.807, 2.05) is 23.6 Å². The molecule has 4 rings (SSSR count). The molecule has 1 aliphatic heterocycles. The van der Waals surface area contributed by atoms with E-state index in [0.29, 0.717) is 50.1 Å². The number of pyridine rings is 1. The van der Waals surface area contributed by atoms with E-state index in [2.05, 4.69) is 4.98 Å². The molecule has 0 spiro atoms. The summed E-state index contributed by atoms with van der Waals surface area (Å²) in [5.74, 6) is -0.319. The highest BCUT2D eigenvalue weighted by atomic mass is 32.1. The van der Waals surface area contributed by atoms with Gasteiger partial charge in [0.15, 0.2) is 0 Å². The summed E-state index contributed by atoms with van der Waals surface area (Å²) in [4.78, 5) is 33.6. The third-order valence-corrected chi connectivity index (χ3v) is 5.99. The lowest BCUT2D eigenvalue weighted by molar-refractivity contribution is -0.132. The Kier molecular flexibility index (Phi) is 5.44. The molecular formula is C21H21FN4O2S. The Morgan fingerprint density at radius 1 is 1.14 bits per heavy atom. The standard InChI is InChI=1S/C21H21FN4O2S/c22-15-10-14-13-24-16(12-17(14)18(23)11-15)3-4-20(27)25-5-7-26(8-6-25)21(28)19-2-1-9-29-19/h1-2,9-13H,3-8,23H2. The van der Waals surface area contributed by atoms with Gasteiger partial charge < -0.3 is 15.5 Å². The molecule has 1 aromatic carbocycles. The maximum atomic E-state index is 13.4. The number of halogens is 1. The molecule has 2 amide bonds. The molecule has 0 saturated carbocycles. The highest BCUT2D eigenvalue weighted by Gasteiger charge is 2.25. The topological polar surface area (TPSA) is 79.5 Å². The summed E-state index contributed by atoms with van der Waals surface area (Å²) in [7, 11) is 0. The van der Waals surface area contributed by atoms with Crippen molar-refractivity contribution in [3.8, 4) is 0 Å². The Morgan fingerprint density at radius 3 is 2.62 bits per heavy atom. The fourth-order valence-electron chi connectivity index (χ4n) is 3.54. The number of nitrogen functional groups attached to an aromatic ring is 1. The molecule has 2 aromatic heterocycles. The van der Waals surface area contributed by atoms with Gasteiger partial charge in [0.05, 0.1) is 4.88 Å². The normalized spacial score (nSPS) is 14.4. The fourth-order valence-corrected chi connectivity index (χ4v) is 4.23. The number of rotatable bonds is 4. The van der Waals surface area contributed by atoms with Crippen molar-refractivity contribution >= 4 is 39.6 Å². The maximum Gasteiger partial charge on any atom is 0.264 e. The van der Waals surface area contributed by atoms with E-state index in [4.69, 9.17) is 5.73 Å². The molecular weight excluding hydrogens is 391 g/mol. The molecule has 0 radical (unpaired) electrons. The van der Waals surface area contributed by atoms with Crippen molar-refractivity contribution < 1.29 is 14.0 Å². The number of benzene rings is 1. The number of carbonyl (C=O) groups is 2. The molecule has 3 heterocycles. The van der Waals surface area contributed by atoms with Crippen LogP contribution in [0.1, 0.15) is 21.8 Å². The van der Waals surface area contributed by atoms with Crippen molar-refractivity contribution in [2.24, 2.45) is 0 Å². The smallest absolute Gasteiger partial charge is 0.264 e.